The van der Waals surface area contributed by atoms with Gasteiger partial charge in [0.15, 0.2) is 0 Å². The third kappa shape index (κ3) is 3.78. The van der Waals surface area contributed by atoms with E-state index < -0.39 is 10.0 Å². The monoisotopic (exact) mass is 319 g/mol. The molecule has 0 fully saturated rings. The predicted octanol–water partition coefficient (Wildman–Crippen LogP) is 1.73. The van der Waals surface area contributed by atoms with Crippen molar-refractivity contribution in [3.63, 3.8) is 0 Å². The van der Waals surface area contributed by atoms with E-state index in [0.29, 0.717) is 11.4 Å². The van der Waals surface area contributed by atoms with Crippen LogP contribution in [0.2, 0.25) is 0 Å². The van der Waals surface area contributed by atoms with Gasteiger partial charge in [-0.1, -0.05) is 6.92 Å². The summed E-state index contributed by atoms with van der Waals surface area (Å²) in [7, 11) is -1.81. The van der Waals surface area contributed by atoms with Gasteiger partial charge in [-0.25, -0.2) is 8.42 Å². The van der Waals surface area contributed by atoms with Gasteiger partial charge in [0.25, 0.3) is 0 Å². The highest BCUT2D eigenvalue weighted by atomic mass is 32.2. The molecule has 5 nitrogen and oxygen atoms in total. The Kier molecular flexibility index (Phi) is 6.57. The largest absolute Gasteiger partial charge is 0.349 e. The molecule has 0 aromatic carbocycles. The van der Waals surface area contributed by atoms with E-state index in [1.807, 2.05) is 17.7 Å². The van der Waals surface area contributed by atoms with Crippen LogP contribution in [0.1, 0.15) is 26.0 Å². The van der Waals surface area contributed by atoms with Gasteiger partial charge in [0.1, 0.15) is 4.90 Å². The lowest BCUT2D eigenvalue weighted by Crippen LogP contribution is -2.36. The zero-order chi connectivity index (χ0) is 15.3. The molecule has 1 aromatic rings. The molecule has 20 heavy (non-hydrogen) atoms. The molecule has 1 rings (SSSR count). The van der Waals surface area contributed by atoms with Gasteiger partial charge in [-0.3, -0.25) is 0 Å². The highest BCUT2D eigenvalue weighted by Crippen LogP contribution is 2.21. The molecular formula is C13H25N3O2S2. The van der Waals surface area contributed by atoms with E-state index in [9.17, 15) is 8.42 Å². The van der Waals surface area contributed by atoms with E-state index in [4.69, 9.17) is 5.73 Å². The number of aromatic nitrogens is 1. The zero-order valence-electron chi connectivity index (χ0n) is 12.7. The molecule has 1 aromatic heterocycles. The SMILES string of the molecule is CCCn1cc(S(=O)(=O)N(C)C(C)CSC)cc1CN. The molecule has 0 aliphatic heterocycles. The molecule has 0 saturated heterocycles. The minimum Gasteiger partial charge on any atom is -0.349 e. The van der Waals surface area contributed by atoms with Crippen LogP contribution in [-0.2, 0) is 23.1 Å². The van der Waals surface area contributed by atoms with E-state index in [0.717, 1.165) is 24.4 Å². The average Bonchev–Trinajstić information content (AvgIpc) is 2.82. The Balaban J connectivity index is 3.09. The van der Waals surface area contributed by atoms with Crippen LogP contribution >= 0.6 is 11.8 Å². The Morgan fingerprint density at radius 1 is 1.50 bits per heavy atom. The minimum atomic E-state index is -3.45. The van der Waals surface area contributed by atoms with Crippen LogP contribution < -0.4 is 5.73 Å². The number of nitrogens with zero attached hydrogens (tertiary/aromatic N) is 2. The van der Waals surface area contributed by atoms with Crippen LogP contribution in [0.4, 0.5) is 0 Å². The van der Waals surface area contributed by atoms with Crippen molar-refractivity contribution in [3.05, 3.63) is 18.0 Å². The molecule has 0 bridgehead atoms. The standard InChI is InChI=1S/C13H25N3O2S2/c1-5-6-16-9-13(7-12(16)8-14)20(17,18)15(3)11(2)10-19-4/h7,9,11H,5-6,8,10,14H2,1-4H3. The van der Waals surface area contributed by atoms with E-state index in [1.54, 1.807) is 31.1 Å². The number of aryl methyl sites for hydroxylation is 1. The van der Waals surface area contributed by atoms with Gasteiger partial charge < -0.3 is 10.3 Å². The summed E-state index contributed by atoms with van der Waals surface area (Å²) in [5.74, 6) is 0.773. The topological polar surface area (TPSA) is 68.3 Å². The Bertz CT molecular complexity index is 526. The van der Waals surface area contributed by atoms with Crippen LogP contribution in [0.3, 0.4) is 0 Å². The van der Waals surface area contributed by atoms with Gasteiger partial charge >= 0.3 is 0 Å². The van der Waals surface area contributed by atoms with Crippen molar-refractivity contribution < 1.29 is 8.42 Å². The molecule has 1 heterocycles. The first-order valence-electron chi connectivity index (χ1n) is 6.74. The molecule has 0 aliphatic rings. The Morgan fingerprint density at radius 2 is 2.15 bits per heavy atom. The summed E-state index contributed by atoms with van der Waals surface area (Å²) in [5.41, 5.74) is 6.55. The molecule has 0 amide bonds. The van der Waals surface area contributed by atoms with Crippen LogP contribution in [0.15, 0.2) is 17.2 Å². The van der Waals surface area contributed by atoms with Crippen molar-refractivity contribution in [2.45, 2.75) is 44.3 Å². The first-order valence-corrected chi connectivity index (χ1v) is 9.57. The first-order chi connectivity index (χ1) is 9.38. The average molecular weight is 319 g/mol. The molecular weight excluding hydrogens is 294 g/mol. The number of rotatable bonds is 8. The summed E-state index contributed by atoms with van der Waals surface area (Å²) in [5, 5.41) is 0. The summed E-state index contributed by atoms with van der Waals surface area (Å²) in [4.78, 5) is 0.335. The number of thioether (sulfide) groups is 1. The van der Waals surface area contributed by atoms with Crippen molar-refractivity contribution in [1.29, 1.82) is 0 Å². The third-order valence-corrected chi connectivity index (χ3v) is 6.09. The van der Waals surface area contributed by atoms with Crippen molar-refractivity contribution in [2.24, 2.45) is 5.73 Å². The van der Waals surface area contributed by atoms with E-state index in [1.165, 1.54) is 4.31 Å². The fourth-order valence-corrected chi connectivity index (χ4v) is 4.26. The lowest BCUT2D eigenvalue weighted by molar-refractivity contribution is 0.415. The summed E-state index contributed by atoms with van der Waals surface area (Å²) in [6, 6.07) is 1.65. The van der Waals surface area contributed by atoms with Gasteiger partial charge in [-0.05, 0) is 25.7 Å². The summed E-state index contributed by atoms with van der Waals surface area (Å²) in [6.45, 7) is 5.10. The summed E-state index contributed by atoms with van der Waals surface area (Å²) >= 11 is 1.64. The normalized spacial score (nSPS) is 13.9. The highest BCUT2D eigenvalue weighted by Gasteiger charge is 2.26. The van der Waals surface area contributed by atoms with Crippen LogP contribution in [-0.4, -0.2) is 42.4 Å². The number of sulfonamides is 1. The molecule has 1 atom stereocenters. The van der Waals surface area contributed by atoms with Gasteiger partial charge in [-0.2, -0.15) is 16.1 Å². The molecule has 0 radical (unpaired) electrons. The fraction of sp³-hybridized carbons (Fsp3) is 0.692. The van der Waals surface area contributed by atoms with Crippen LogP contribution in [0, 0.1) is 0 Å². The third-order valence-electron chi connectivity index (χ3n) is 3.34. The molecule has 2 N–H and O–H groups in total. The summed E-state index contributed by atoms with van der Waals surface area (Å²) < 4.78 is 28.6. The van der Waals surface area contributed by atoms with Gasteiger partial charge in [0.2, 0.25) is 10.0 Å². The Morgan fingerprint density at radius 3 is 2.65 bits per heavy atom. The minimum absolute atomic E-state index is 0.0362. The van der Waals surface area contributed by atoms with E-state index in [-0.39, 0.29) is 6.04 Å². The van der Waals surface area contributed by atoms with Gasteiger partial charge in [-0.15, -0.1) is 0 Å². The highest BCUT2D eigenvalue weighted by molar-refractivity contribution is 7.98. The van der Waals surface area contributed by atoms with Gasteiger partial charge in [0.05, 0.1) is 0 Å². The predicted molar refractivity (Wildman–Crippen MR) is 85.4 cm³/mol. The molecule has 0 saturated carbocycles. The Hall–Kier alpha value is -0.500. The second kappa shape index (κ2) is 7.49. The van der Waals surface area contributed by atoms with Crippen molar-refractivity contribution in [3.8, 4) is 0 Å². The molecule has 0 spiro atoms. The fourth-order valence-electron chi connectivity index (χ4n) is 2.04. The van der Waals surface area contributed by atoms with Crippen LogP contribution in [0.25, 0.3) is 0 Å². The molecule has 7 heteroatoms. The van der Waals surface area contributed by atoms with E-state index in [2.05, 4.69) is 6.92 Å². The maximum absolute atomic E-state index is 12.6. The first kappa shape index (κ1) is 17.6. The smallest absolute Gasteiger partial charge is 0.244 e. The second-order valence-corrected chi connectivity index (χ2v) is 7.80. The number of hydrogen-bond acceptors (Lipinski definition) is 4. The van der Waals surface area contributed by atoms with Crippen molar-refractivity contribution in [1.82, 2.24) is 8.87 Å². The maximum atomic E-state index is 12.6. The maximum Gasteiger partial charge on any atom is 0.244 e. The molecule has 1 unspecified atom stereocenters. The molecule has 116 valence electrons. The van der Waals surface area contributed by atoms with Crippen LogP contribution in [0.5, 0.6) is 0 Å². The summed E-state index contributed by atoms with van der Waals surface area (Å²) in [6.07, 6.45) is 4.62. The van der Waals surface area contributed by atoms with Gasteiger partial charge in [0, 0.05) is 43.8 Å². The Labute approximate surface area is 126 Å². The quantitative estimate of drug-likeness (QED) is 0.792. The lowest BCUT2D eigenvalue weighted by atomic mass is 10.4. The second-order valence-electron chi connectivity index (χ2n) is 4.89. The zero-order valence-corrected chi connectivity index (χ0v) is 14.3. The lowest BCUT2D eigenvalue weighted by Gasteiger charge is -2.23. The number of nitrogens with two attached hydrogens (primary N) is 1. The van der Waals surface area contributed by atoms with Crippen molar-refractivity contribution >= 4 is 21.8 Å². The van der Waals surface area contributed by atoms with Crippen molar-refractivity contribution in [2.75, 3.05) is 19.1 Å². The van der Waals surface area contributed by atoms with E-state index >= 15 is 0 Å². The molecule has 0 aliphatic carbocycles. The number of hydrogen-bond donors (Lipinski definition) is 1.